The topological polar surface area (TPSA) is 81.9 Å². The van der Waals surface area contributed by atoms with Crippen LogP contribution in [0.15, 0.2) is 35.5 Å². The van der Waals surface area contributed by atoms with Crippen molar-refractivity contribution in [2.45, 2.75) is 39.3 Å². The molecule has 0 radical (unpaired) electrons. The summed E-state index contributed by atoms with van der Waals surface area (Å²) >= 11 is 0. The van der Waals surface area contributed by atoms with Gasteiger partial charge in [0, 0.05) is 11.3 Å². The largest absolute Gasteiger partial charge is 0.456 e. The maximum Gasteiger partial charge on any atom is 0.338 e. The predicted molar refractivity (Wildman–Crippen MR) is 84.5 cm³/mol. The number of aromatic nitrogens is 4. The minimum absolute atomic E-state index is 0.273. The number of benzene rings is 1. The molecule has 1 aliphatic rings. The number of ether oxygens (including phenoxy) is 1. The molecule has 0 unspecified atom stereocenters. The van der Waals surface area contributed by atoms with Gasteiger partial charge in [-0.3, -0.25) is 0 Å². The molecule has 0 aliphatic carbocycles. The molecule has 1 aromatic heterocycles. The van der Waals surface area contributed by atoms with Gasteiger partial charge < -0.3 is 10.1 Å². The number of carbonyl (C=O) groups excluding carboxylic acids is 1. The highest BCUT2D eigenvalue weighted by Crippen LogP contribution is 2.36. The van der Waals surface area contributed by atoms with Crippen molar-refractivity contribution in [2.75, 3.05) is 5.32 Å². The van der Waals surface area contributed by atoms with E-state index in [1.54, 1.807) is 45.9 Å². The quantitative estimate of drug-likeness (QED) is 0.851. The van der Waals surface area contributed by atoms with Crippen LogP contribution < -0.4 is 5.32 Å². The molecule has 3 rings (SSSR count). The number of tetrazole rings is 1. The molecule has 8 heteroatoms. The van der Waals surface area contributed by atoms with Crippen LogP contribution in [0.4, 0.5) is 10.3 Å². The van der Waals surface area contributed by atoms with Gasteiger partial charge in [0.25, 0.3) is 0 Å². The molecule has 2 aromatic rings. The van der Waals surface area contributed by atoms with Gasteiger partial charge in [0.2, 0.25) is 5.95 Å². The van der Waals surface area contributed by atoms with Crippen LogP contribution in [0.3, 0.4) is 0 Å². The van der Waals surface area contributed by atoms with E-state index in [2.05, 4.69) is 20.8 Å². The Morgan fingerprint density at radius 3 is 2.71 bits per heavy atom. The number of fused-ring (bicyclic) bond motifs is 1. The number of nitrogens with zero attached hydrogens (tertiary/aromatic N) is 4. The lowest BCUT2D eigenvalue weighted by atomic mass is 9.95. The Morgan fingerprint density at radius 1 is 1.33 bits per heavy atom. The summed E-state index contributed by atoms with van der Waals surface area (Å²) < 4.78 is 21.3. The van der Waals surface area contributed by atoms with Gasteiger partial charge in [-0.1, -0.05) is 23.3 Å². The van der Waals surface area contributed by atoms with Crippen molar-refractivity contribution in [3.63, 3.8) is 0 Å². The Bertz CT molecular complexity index is 822. The lowest BCUT2D eigenvalue weighted by Crippen LogP contribution is -2.33. The Hall–Kier alpha value is -2.77. The van der Waals surface area contributed by atoms with E-state index in [-0.39, 0.29) is 5.57 Å². The van der Waals surface area contributed by atoms with Crippen molar-refractivity contribution in [1.82, 2.24) is 20.2 Å². The Balaban J connectivity index is 2.14. The van der Waals surface area contributed by atoms with Crippen LogP contribution in [-0.4, -0.2) is 31.8 Å². The van der Waals surface area contributed by atoms with E-state index < -0.39 is 23.4 Å². The summed E-state index contributed by atoms with van der Waals surface area (Å²) in [5.41, 5.74) is 0.424. The van der Waals surface area contributed by atoms with Crippen LogP contribution in [0.1, 0.15) is 39.3 Å². The third-order valence-corrected chi connectivity index (χ3v) is 3.53. The molecule has 0 bridgehead atoms. The molecule has 0 amide bonds. The van der Waals surface area contributed by atoms with Crippen LogP contribution >= 0.6 is 0 Å². The van der Waals surface area contributed by atoms with E-state index in [4.69, 9.17) is 4.74 Å². The molecule has 0 saturated carbocycles. The van der Waals surface area contributed by atoms with E-state index >= 15 is 0 Å². The van der Waals surface area contributed by atoms with E-state index in [9.17, 15) is 9.18 Å². The van der Waals surface area contributed by atoms with Crippen LogP contribution in [-0.2, 0) is 9.53 Å². The fraction of sp³-hybridized carbons (Fsp3) is 0.375. The van der Waals surface area contributed by atoms with Gasteiger partial charge in [0.15, 0.2) is 0 Å². The average Bonchev–Trinajstić information content (AvgIpc) is 2.92. The molecule has 1 aromatic carbocycles. The second-order valence-corrected chi connectivity index (χ2v) is 6.54. The zero-order valence-corrected chi connectivity index (χ0v) is 13.9. The standard InChI is InChI=1S/C16H18FN5O2/c1-9-12(14(23)24-16(2,3)4)13(10-7-5-6-8-11(10)17)22-15(18-9)19-20-21-22/h5-8,13H,1-4H3,(H,18,19,21)/t13-/m1/s1. The number of nitrogens with one attached hydrogen (secondary N) is 1. The zero-order valence-electron chi connectivity index (χ0n) is 13.9. The molecule has 0 fully saturated rings. The zero-order chi connectivity index (χ0) is 17.5. The van der Waals surface area contributed by atoms with Crippen LogP contribution in [0.2, 0.25) is 0 Å². The Kier molecular flexibility index (Phi) is 3.82. The lowest BCUT2D eigenvalue weighted by Gasteiger charge is -2.29. The number of esters is 1. The monoisotopic (exact) mass is 331 g/mol. The summed E-state index contributed by atoms with van der Waals surface area (Å²) in [5.74, 6) is -0.644. The van der Waals surface area contributed by atoms with Gasteiger partial charge in [-0.15, -0.1) is 0 Å². The minimum Gasteiger partial charge on any atom is -0.456 e. The number of anilines is 1. The van der Waals surface area contributed by atoms with Crippen molar-refractivity contribution in [2.24, 2.45) is 0 Å². The molecule has 0 spiro atoms. The van der Waals surface area contributed by atoms with Crippen LogP contribution in [0, 0.1) is 5.82 Å². The summed E-state index contributed by atoms with van der Waals surface area (Å²) in [6.45, 7) is 7.04. The number of hydrogen-bond donors (Lipinski definition) is 1. The molecular formula is C16H18FN5O2. The number of hydrogen-bond acceptors (Lipinski definition) is 6. The van der Waals surface area contributed by atoms with E-state index in [0.29, 0.717) is 17.2 Å². The van der Waals surface area contributed by atoms with Crippen molar-refractivity contribution >= 4 is 11.9 Å². The van der Waals surface area contributed by atoms with Gasteiger partial charge in [-0.25, -0.2) is 9.18 Å². The minimum atomic E-state index is -0.799. The molecule has 2 heterocycles. The van der Waals surface area contributed by atoms with Gasteiger partial charge in [-0.2, -0.15) is 4.68 Å². The van der Waals surface area contributed by atoms with Crippen molar-refractivity contribution in [3.8, 4) is 0 Å². The van der Waals surface area contributed by atoms with E-state index in [0.717, 1.165) is 0 Å². The second-order valence-electron chi connectivity index (χ2n) is 6.54. The fourth-order valence-electron chi connectivity index (χ4n) is 2.59. The number of allylic oxidation sites excluding steroid dienone is 1. The Morgan fingerprint density at radius 2 is 2.04 bits per heavy atom. The maximum atomic E-state index is 14.4. The predicted octanol–water partition coefficient (Wildman–Crippen LogP) is 2.44. The van der Waals surface area contributed by atoms with Gasteiger partial charge in [0.1, 0.15) is 17.5 Å². The summed E-state index contributed by atoms with van der Waals surface area (Å²) in [6, 6.07) is 5.43. The molecule has 1 N–H and O–H groups in total. The summed E-state index contributed by atoms with van der Waals surface area (Å²) in [4.78, 5) is 12.7. The van der Waals surface area contributed by atoms with Gasteiger partial charge >= 0.3 is 5.97 Å². The summed E-state index contributed by atoms with van der Waals surface area (Å²) in [7, 11) is 0. The first-order chi connectivity index (χ1) is 11.3. The molecule has 24 heavy (non-hydrogen) atoms. The first-order valence-electron chi connectivity index (χ1n) is 7.51. The SMILES string of the molecule is CC1=C(C(=O)OC(C)(C)C)[C@@H](c2ccccc2F)n2nnnc2N1. The summed E-state index contributed by atoms with van der Waals surface area (Å²) in [6.07, 6.45) is 0. The molecule has 1 aliphatic heterocycles. The molecule has 7 nitrogen and oxygen atoms in total. The fourth-order valence-corrected chi connectivity index (χ4v) is 2.59. The van der Waals surface area contributed by atoms with E-state index in [1.807, 2.05) is 0 Å². The van der Waals surface area contributed by atoms with Gasteiger partial charge in [0.05, 0.1) is 5.57 Å². The highest BCUT2D eigenvalue weighted by Gasteiger charge is 2.37. The molecule has 126 valence electrons. The highest BCUT2D eigenvalue weighted by atomic mass is 19.1. The summed E-state index contributed by atoms with van der Waals surface area (Å²) in [5, 5.41) is 14.3. The second kappa shape index (κ2) is 5.70. The number of carbonyl (C=O) groups is 1. The third kappa shape index (κ3) is 2.86. The first kappa shape index (κ1) is 16.1. The van der Waals surface area contributed by atoms with E-state index in [1.165, 1.54) is 10.7 Å². The number of rotatable bonds is 2. The van der Waals surface area contributed by atoms with Crippen LogP contribution in [0.25, 0.3) is 0 Å². The van der Waals surface area contributed by atoms with Crippen molar-refractivity contribution in [1.29, 1.82) is 0 Å². The Labute approximate surface area is 138 Å². The molecule has 1 atom stereocenters. The van der Waals surface area contributed by atoms with Gasteiger partial charge in [-0.05, 0) is 44.2 Å². The molecular weight excluding hydrogens is 313 g/mol. The smallest absolute Gasteiger partial charge is 0.338 e. The normalized spacial score (nSPS) is 17.3. The van der Waals surface area contributed by atoms with Crippen molar-refractivity contribution < 1.29 is 13.9 Å². The average molecular weight is 331 g/mol. The maximum absolute atomic E-state index is 14.4. The highest BCUT2D eigenvalue weighted by molar-refractivity contribution is 5.92. The first-order valence-corrected chi connectivity index (χ1v) is 7.51. The van der Waals surface area contributed by atoms with Crippen molar-refractivity contribution in [3.05, 3.63) is 46.9 Å². The lowest BCUT2D eigenvalue weighted by molar-refractivity contribution is -0.150. The third-order valence-electron chi connectivity index (χ3n) is 3.53. The molecule has 0 saturated heterocycles. The van der Waals surface area contributed by atoms with Crippen LogP contribution in [0.5, 0.6) is 0 Å². The number of halogens is 1.